The lowest BCUT2D eigenvalue weighted by atomic mass is 10.1. The van der Waals surface area contributed by atoms with E-state index < -0.39 is 23.4 Å². The SMILES string of the molecule is CC1(C)NC(=O)N(CCCC(=O)NNC(=O)c2ccc(COc3ccc(Cl)cc3)cc2)C1=O. The molecular weight excluding hydrogens is 448 g/mol. The van der Waals surface area contributed by atoms with E-state index in [1.54, 1.807) is 62.4 Å². The Morgan fingerprint density at radius 3 is 2.30 bits per heavy atom. The average molecular weight is 473 g/mol. The highest BCUT2D eigenvalue weighted by Crippen LogP contribution is 2.18. The molecule has 5 amide bonds. The van der Waals surface area contributed by atoms with Crippen LogP contribution in [0.15, 0.2) is 48.5 Å². The lowest BCUT2D eigenvalue weighted by molar-refractivity contribution is -0.130. The van der Waals surface area contributed by atoms with Gasteiger partial charge in [0.25, 0.3) is 11.8 Å². The van der Waals surface area contributed by atoms with Gasteiger partial charge in [-0.25, -0.2) is 4.79 Å². The molecule has 1 heterocycles. The molecule has 2 aromatic carbocycles. The molecule has 1 fully saturated rings. The monoisotopic (exact) mass is 472 g/mol. The van der Waals surface area contributed by atoms with E-state index in [4.69, 9.17) is 16.3 Å². The van der Waals surface area contributed by atoms with Crippen molar-refractivity contribution in [1.82, 2.24) is 21.1 Å². The van der Waals surface area contributed by atoms with Crippen molar-refractivity contribution in [3.05, 3.63) is 64.7 Å². The Morgan fingerprint density at radius 1 is 1.03 bits per heavy atom. The van der Waals surface area contributed by atoms with Gasteiger partial charge < -0.3 is 10.1 Å². The average Bonchev–Trinajstić information content (AvgIpc) is 2.98. The van der Waals surface area contributed by atoms with Crippen LogP contribution in [0.25, 0.3) is 0 Å². The molecule has 1 aliphatic rings. The maximum atomic E-state index is 12.2. The van der Waals surface area contributed by atoms with E-state index in [1.165, 1.54) is 0 Å². The highest BCUT2D eigenvalue weighted by Gasteiger charge is 2.43. The number of ether oxygens (including phenoxy) is 1. The van der Waals surface area contributed by atoms with Crippen LogP contribution in [-0.2, 0) is 16.2 Å². The molecule has 0 aromatic heterocycles. The number of rotatable bonds is 8. The van der Waals surface area contributed by atoms with E-state index >= 15 is 0 Å². The number of hydrazine groups is 1. The smallest absolute Gasteiger partial charge is 0.325 e. The van der Waals surface area contributed by atoms with Crippen LogP contribution >= 0.6 is 11.6 Å². The van der Waals surface area contributed by atoms with Gasteiger partial charge in [-0.1, -0.05) is 23.7 Å². The van der Waals surface area contributed by atoms with Gasteiger partial charge in [-0.05, 0) is 62.2 Å². The van der Waals surface area contributed by atoms with E-state index in [9.17, 15) is 19.2 Å². The summed E-state index contributed by atoms with van der Waals surface area (Å²) in [5.74, 6) is -0.544. The topological polar surface area (TPSA) is 117 Å². The molecule has 0 spiro atoms. The summed E-state index contributed by atoms with van der Waals surface area (Å²) in [5.41, 5.74) is 4.98. The van der Waals surface area contributed by atoms with Crippen molar-refractivity contribution in [2.24, 2.45) is 0 Å². The zero-order valence-electron chi connectivity index (χ0n) is 18.3. The number of imide groups is 1. The van der Waals surface area contributed by atoms with Gasteiger partial charge in [0.15, 0.2) is 0 Å². The molecule has 0 saturated carbocycles. The zero-order valence-corrected chi connectivity index (χ0v) is 19.1. The number of amides is 5. The first-order valence-corrected chi connectivity index (χ1v) is 10.7. The van der Waals surface area contributed by atoms with Gasteiger partial charge in [-0.3, -0.25) is 30.1 Å². The Kier molecular flexibility index (Phi) is 7.55. The summed E-state index contributed by atoms with van der Waals surface area (Å²) in [6, 6.07) is 13.3. The largest absolute Gasteiger partial charge is 0.489 e. The van der Waals surface area contributed by atoms with Gasteiger partial charge in [0.1, 0.15) is 17.9 Å². The predicted octanol–water partition coefficient (Wildman–Crippen LogP) is 2.79. The number of hydrogen-bond acceptors (Lipinski definition) is 5. The van der Waals surface area contributed by atoms with Crippen molar-refractivity contribution < 1.29 is 23.9 Å². The van der Waals surface area contributed by atoms with Gasteiger partial charge in [0, 0.05) is 23.6 Å². The number of benzene rings is 2. The minimum atomic E-state index is -0.940. The molecule has 174 valence electrons. The van der Waals surface area contributed by atoms with Crippen LogP contribution in [-0.4, -0.2) is 40.7 Å². The van der Waals surface area contributed by atoms with Crippen LogP contribution in [0, 0.1) is 0 Å². The molecule has 0 atom stereocenters. The van der Waals surface area contributed by atoms with Gasteiger partial charge in [-0.15, -0.1) is 0 Å². The second-order valence-corrected chi connectivity index (χ2v) is 8.49. The lowest BCUT2D eigenvalue weighted by Crippen LogP contribution is -2.42. The van der Waals surface area contributed by atoms with Crippen LogP contribution in [0.2, 0.25) is 5.02 Å². The molecule has 3 rings (SSSR count). The fraction of sp³-hybridized carbons (Fsp3) is 0.304. The molecule has 0 aliphatic carbocycles. The van der Waals surface area contributed by atoms with Crippen molar-refractivity contribution in [3.8, 4) is 5.75 Å². The van der Waals surface area contributed by atoms with E-state index in [2.05, 4.69) is 16.2 Å². The second-order valence-electron chi connectivity index (χ2n) is 8.06. The Morgan fingerprint density at radius 2 is 1.70 bits per heavy atom. The molecule has 3 N–H and O–H groups in total. The first-order chi connectivity index (χ1) is 15.7. The Labute approximate surface area is 196 Å². The summed E-state index contributed by atoms with van der Waals surface area (Å²) in [7, 11) is 0. The molecule has 0 unspecified atom stereocenters. The normalized spacial score (nSPS) is 14.6. The first kappa shape index (κ1) is 24.1. The summed E-state index contributed by atoms with van der Waals surface area (Å²) in [5, 5.41) is 3.21. The Bertz CT molecular complexity index is 1040. The summed E-state index contributed by atoms with van der Waals surface area (Å²) in [4.78, 5) is 49.2. The molecule has 9 nitrogen and oxygen atoms in total. The van der Waals surface area contributed by atoms with E-state index in [1.807, 2.05) is 0 Å². The third-order valence-corrected chi connectivity index (χ3v) is 5.23. The highest BCUT2D eigenvalue weighted by molar-refractivity contribution is 6.30. The van der Waals surface area contributed by atoms with E-state index in [0.29, 0.717) is 22.9 Å². The second kappa shape index (κ2) is 10.4. The number of carbonyl (C=O) groups is 4. The van der Waals surface area contributed by atoms with Gasteiger partial charge in [-0.2, -0.15) is 0 Å². The lowest BCUT2D eigenvalue weighted by Gasteiger charge is -2.15. The quantitative estimate of drug-likeness (QED) is 0.403. The van der Waals surface area contributed by atoms with E-state index in [0.717, 1.165) is 10.5 Å². The fourth-order valence-electron chi connectivity index (χ4n) is 3.13. The molecule has 1 aliphatic heterocycles. The number of carbonyl (C=O) groups excluding carboxylic acids is 4. The van der Waals surface area contributed by atoms with Crippen LogP contribution in [0.4, 0.5) is 4.79 Å². The zero-order chi connectivity index (χ0) is 24.0. The summed E-state index contributed by atoms with van der Waals surface area (Å²) in [6.45, 7) is 3.69. The van der Waals surface area contributed by atoms with Crippen LogP contribution < -0.4 is 20.9 Å². The van der Waals surface area contributed by atoms with Crippen LogP contribution in [0.1, 0.15) is 42.6 Å². The molecule has 0 bridgehead atoms. The van der Waals surface area contributed by atoms with Crippen molar-refractivity contribution in [2.75, 3.05) is 6.54 Å². The van der Waals surface area contributed by atoms with Crippen molar-refractivity contribution >= 4 is 35.4 Å². The van der Waals surface area contributed by atoms with Crippen molar-refractivity contribution in [1.29, 1.82) is 0 Å². The molecular formula is C23H25ClN4O5. The molecule has 2 aromatic rings. The van der Waals surface area contributed by atoms with Crippen molar-refractivity contribution in [2.45, 2.75) is 38.8 Å². The van der Waals surface area contributed by atoms with Crippen LogP contribution in [0.5, 0.6) is 5.75 Å². The Balaban J connectivity index is 1.38. The number of nitrogens with one attached hydrogen (secondary N) is 3. The number of urea groups is 1. The molecule has 0 radical (unpaired) electrons. The van der Waals surface area contributed by atoms with Gasteiger partial charge in [0.2, 0.25) is 5.91 Å². The van der Waals surface area contributed by atoms with Gasteiger partial charge in [0.05, 0.1) is 0 Å². The molecule has 33 heavy (non-hydrogen) atoms. The highest BCUT2D eigenvalue weighted by atomic mass is 35.5. The van der Waals surface area contributed by atoms with Crippen molar-refractivity contribution in [3.63, 3.8) is 0 Å². The summed E-state index contributed by atoms with van der Waals surface area (Å²) in [6.07, 6.45) is 0.317. The molecule has 10 heteroatoms. The minimum Gasteiger partial charge on any atom is -0.489 e. The third kappa shape index (κ3) is 6.45. The number of nitrogens with zero attached hydrogens (tertiary/aromatic N) is 1. The molecule has 1 saturated heterocycles. The first-order valence-electron chi connectivity index (χ1n) is 10.4. The minimum absolute atomic E-state index is 0.0404. The Hall–Kier alpha value is -3.59. The summed E-state index contributed by atoms with van der Waals surface area (Å²) >= 11 is 5.84. The van der Waals surface area contributed by atoms with Crippen LogP contribution in [0.3, 0.4) is 0 Å². The standard InChI is InChI=1S/C23H25ClN4O5/c1-23(2)21(31)28(22(32)25-23)13-3-4-19(29)26-27-20(30)16-7-5-15(6-8-16)14-33-18-11-9-17(24)10-12-18/h5-12H,3-4,13-14H2,1-2H3,(H,25,32)(H,26,29)(H,27,30). The maximum Gasteiger partial charge on any atom is 0.325 e. The summed E-state index contributed by atoms with van der Waals surface area (Å²) < 4.78 is 5.66. The fourth-order valence-corrected chi connectivity index (χ4v) is 3.26. The number of halogens is 1. The number of hydrogen-bond donors (Lipinski definition) is 3. The van der Waals surface area contributed by atoms with E-state index in [-0.39, 0.29) is 25.3 Å². The maximum absolute atomic E-state index is 12.2. The third-order valence-electron chi connectivity index (χ3n) is 4.98. The van der Waals surface area contributed by atoms with Gasteiger partial charge >= 0.3 is 6.03 Å². The predicted molar refractivity (Wildman–Crippen MR) is 121 cm³/mol.